The topological polar surface area (TPSA) is 114 Å². The molecule has 0 radical (unpaired) electrons. The van der Waals surface area contributed by atoms with E-state index in [-0.39, 0.29) is 54.4 Å². The van der Waals surface area contributed by atoms with Gasteiger partial charge in [-0.25, -0.2) is 4.39 Å². The van der Waals surface area contributed by atoms with Crippen molar-refractivity contribution >= 4 is 34.1 Å². The second-order valence-electron chi connectivity index (χ2n) is 10.6. The predicted octanol–water partition coefficient (Wildman–Crippen LogP) is 6.21. The van der Waals surface area contributed by atoms with E-state index in [4.69, 9.17) is 13.9 Å². The minimum atomic E-state index is -1.44. The second kappa shape index (κ2) is 13.0. The van der Waals surface area contributed by atoms with Gasteiger partial charge in [0.05, 0.1) is 25.3 Å². The van der Waals surface area contributed by atoms with Gasteiger partial charge >= 0.3 is 5.97 Å². The first kappa shape index (κ1) is 31.1. The fourth-order valence-electron chi connectivity index (χ4n) is 4.22. The molecule has 42 heavy (non-hydrogen) atoms. The lowest BCUT2D eigenvalue weighted by molar-refractivity contribution is -0.142. The summed E-state index contributed by atoms with van der Waals surface area (Å²) >= 11 is -1.44. The molecule has 0 amide bonds. The summed E-state index contributed by atoms with van der Waals surface area (Å²) < 4.78 is 61.0. The summed E-state index contributed by atoms with van der Waals surface area (Å²) in [5.41, 5.74) is 2.05. The van der Waals surface area contributed by atoms with Gasteiger partial charge in [0.25, 0.3) is 6.01 Å². The largest absolute Gasteiger partial charge is 0.598 e. The van der Waals surface area contributed by atoms with Crippen LogP contribution in [0.4, 0.5) is 8.78 Å². The van der Waals surface area contributed by atoms with Gasteiger partial charge in [-0.05, 0) is 64.4 Å². The van der Waals surface area contributed by atoms with Crippen LogP contribution >= 0.6 is 0 Å². The van der Waals surface area contributed by atoms with Gasteiger partial charge in [-0.2, -0.15) is 4.39 Å². The normalized spacial score (nSPS) is 12.4. The lowest BCUT2D eigenvalue weighted by Gasteiger charge is -2.23. The molecule has 0 aliphatic rings. The first-order valence-corrected chi connectivity index (χ1v) is 14.5. The van der Waals surface area contributed by atoms with Crippen LogP contribution in [0.25, 0.3) is 22.1 Å². The Morgan fingerprint density at radius 1 is 1.10 bits per heavy atom. The number of hydrogen-bond acceptors (Lipinski definition) is 8. The van der Waals surface area contributed by atoms with Gasteiger partial charge in [-0.3, -0.25) is 14.6 Å². The Balaban J connectivity index is 1.68. The van der Waals surface area contributed by atoms with E-state index in [9.17, 15) is 18.5 Å². The third kappa shape index (κ3) is 7.33. The number of carbonyl (C=O) groups is 2. The van der Waals surface area contributed by atoms with Gasteiger partial charge in [-0.15, -0.1) is 4.72 Å². The number of fused-ring (bicyclic) bond motifs is 1. The number of hydrogen-bond donors (Lipinski definition) is 1. The number of nitrogens with one attached hydrogen (secondary N) is 1. The molecule has 0 saturated carbocycles. The smallest absolute Gasteiger partial charge is 0.310 e. The number of pyridine rings is 1. The lowest BCUT2D eigenvalue weighted by Crippen LogP contribution is -2.39. The van der Waals surface area contributed by atoms with E-state index >= 15 is 4.39 Å². The van der Waals surface area contributed by atoms with Crippen LogP contribution in [0.15, 0.2) is 53.1 Å². The van der Waals surface area contributed by atoms with Crippen molar-refractivity contribution in [3.05, 3.63) is 82.9 Å². The van der Waals surface area contributed by atoms with E-state index in [1.807, 2.05) is 0 Å². The molecule has 1 atom stereocenters. The number of ketones is 1. The average Bonchev–Trinajstić information content (AvgIpc) is 3.30. The van der Waals surface area contributed by atoms with Crippen LogP contribution < -0.4 is 9.46 Å². The van der Waals surface area contributed by atoms with Crippen molar-refractivity contribution in [2.75, 3.05) is 6.61 Å². The molecule has 4 rings (SSSR count). The van der Waals surface area contributed by atoms with Gasteiger partial charge in [0.15, 0.2) is 11.6 Å². The molecular weight excluding hydrogens is 566 g/mol. The molecule has 0 aliphatic carbocycles. The molecule has 0 bridgehead atoms. The van der Waals surface area contributed by atoms with E-state index in [0.29, 0.717) is 27.8 Å². The quantitative estimate of drug-likeness (QED) is 0.123. The Bertz CT molecular complexity index is 1620. The highest BCUT2D eigenvalue weighted by atomic mass is 32.2. The predicted molar refractivity (Wildman–Crippen MR) is 155 cm³/mol. The highest BCUT2D eigenvalue weighted by Crippen LogP contribution is 2.35. The first-order chi connectivity index (χ1) is 19.9. The maximum absolute atomic E-state index is 15.7. The zero-order valence-electron chi connectivity index (χ0n) is 24.0. The zero-order chi connectivity index (χ0) is 30.6. The molecule has 2 heterocycles. The number of rotatable bonds is 11. The molecule has 1 unspecified atom stereocenters. The first-order valence-electron chi connectivity index (χ1n) is 13.3. The molecule has 0 fully saturated rings. The Kier molecular flexibility index (Phi) is 9.65. The van der Waals surface area contributed by atoms with Crippen molar-refractivity contribution in [2.45, 2.75) is 58.9 Å². The molecule has 8 nitrogen and oxygen atoms in total. The summed E-state index contributed by atoms with van der Waals surface area (Å²) in [5, 5.41) is 0.387. The third-order valence-electron chi connectivity index (χ3n) is 6.33. The minimum absolute atomic E-state index is 0.0385. The number of aromatic nitrogens is 1. The number of ether oxygens (including phenoxy) is 2. The molecule has 1 N–H and O–H groups in total. The summed E-state index contributed by atoms with van der Waals surface area (Å²) in [5.74, 6) is -0.978. The molecule has 2 aromatic heterocycles. The van der Waals surface area contributed by atoms with Gasteiger partial charge in [0.1, 0.15) is 22.7 Å². The molecule has 4 aromatic rings. The highest BCUT2D eigenvalue weighted by molar-refractivity contribution is 7.90. The molecule has 0 aliphatic heterocycles. The van der Waals surface area contributed by atoms with Crippen molar-refractivity contribution in [1.82, 2.24) is 9.71 Å². The van der Waals surface area contributed by atoms with Gasteiger partial charge in [-0.1, -0.05) is 12.1 Å². The van der Waals surface area contributed by atoms with Crippen molar-refractivity contribution in [3.63, 3.8) is 0 Å². The summed E-state index contributed by atoms with van der Waals surface area (Å²) in [6, 6.07) is 9.87. The Hall–Kier alpha value is -3.80. The van der Waals surface area contributed by atoms with Crippen molar-refractivity contribution < 1.29 is 36.8 Å². The van der Waals surface area contributed by atoms with Crippen LogP contribution in [0.5, 0.6) is 5.75 Å². The number of Topliss-reactive ketones (excluding diaryl/α,β-unsaturated/α-hetero) is 1. The Morgan fingerprint density at radius 3 is 2.55 bits per heavy atom. The number of nitrogens with zero attached hydrogens (tertiary/aromatic N) is 1. The fourth-order valence-corrected chi connectivity index (χ4v) is 4.92. The van der Waals surface area contributed by atoms with E-state index in [1.165, 1.54) is 25.3 Å². The molecule has 11 heteroatoms. The molecule has 2 aromatic carbocycles. The number of benzene rings is 2. The number of esters is 1. The van der Waals surface area contributed by atoms with Crippen molar-refractivity contribution in [2.24, 2.45) is 0 Å². The van der Waals surface area contributed by atoms with Crippen LogP contribution in [0.1, 0.15) is 61.8 Å². The molecule has 0 saturated heterocycles. The summed E-state index contributed by atoms with van der Waals surface area (Å²) in [6.07, 6.45) is 1.36. The fraction of sp³-hybridized carbons (Fsp3) is 0.323. The van der Waals surface area contributed by atoms with E-state index < -0.39 is 33.9 Å². The van der Waals surface area contributed by atoms with Crippen LogP contribution in [0.2, 0.25) is 0 Å². The summed E-state index contributed by atoms with van der Waals surface area (Å²) in [7, 11) is 0. The van der Waals surface area contributed by atoms with E-state index in [0.717, 1.165) is 0 Å². The number of carbonyl (C=O) groups excluding carboxylic acids is 2. The Labute approximate surface area is 245 Å². The van der Waals surface area contributed by atoms with Gasteiger partial charge in [0, 0.05) is 51.3 Å². The maximum Gasteiger partial charge on any atom is 0.310 e. The van der Waals surface area contributed by atoms with E-state index in [2.05, 4.69) is 9.71 Å². The van der Waals surface area contributed by atoms with Crippen LogP contribution in [-0.4, -0.2) is 32.6 Å². The van der Waals surface area contributed by atoms with Gasteiger partial charge < -0.3 is 18.4 Å². The summed E-state index contributed by atoms with van der Waals surface area (Å²) in [6.45, 7) is 8.61. The lowest BCUT2D eigenvalue weighted by atomic mass is 10.00. The van der Waals surface area contributed by atoms with Crippen LogP contribution in [-0.2, 0) is 40.5 Å². The van der Waals surface area contributed by atoms with E-state index in [1.54, 1.807) is 58.0 Å². The summed E-state index contributed by atoms with van der Waals surface area (Å²) in [4.78, 5) is 28.2. The molecule has 222 valence electrons. The highest BCUT2D eigenvalue weighted by Gasteiger charge is 2.27. The standard InChI is InChI=1S/C31H32F2N2O6S/c1-6-39-28(37)15-21-8-7-20(18(2)36)13-26(21)40-17-19-11-22-14-27(32)41-30(22)24(12-19)23-9-10-34-25(29(23)33)16-35-42(38)31(3,4)5/h7-14,35H,6,15-17H2,1-5H3. The second-order valence-corrected chi connectivity index (χ2v) is 12.6. The van der Waals surface area contributed by atoms with Crippen molar-refractivity contribution in [1.29, 1.82) is 0 Å². The van der Waals surface area contributed by atoms with Gasteiger partial charge in [0.2, 0.25) is 0 Å². The third-order valence-corrected chi connectivity index (χ3v) is 7.85. The average molecular weight is 599 g/mol. The number of halogens is 2. The molecular formula is C31H32F2N2O6S. The van der Waals surface area contributed by atoms with Crippen LogP contribution in [0, 0.1) is 11.8 Å². The maximum atomic E-state index is 15.7. The number of furan rings is 1. The Morgan fingerprint density at radius 2 is 1.86 bits per heavy atom. The van der Waals surface area contributed by atoms with Crippen LogP contribution in [0.3, 0.4) is 0 Å². The minimum Gasteiger partial charge on any atom is -0.598 e. The zero-order valence-corrected chi connectivity index (χ0v) is 24.8. The SMILES string of the molecule is CCOC(=O)Cc1ccc(C(C)=O)cc1OCc1cc(-c2ccnc(CN[S+]([O-])C(C)(C)C)c2F)c2oc(F)cc2c1. The van der Waals surface area contributed by atoms with Crippen molar-refractivity contribution in [3.8, 4) is 16.9 Å². The molecule has 0 spiro atoms. The monoisotopic (exact) mass is 598 g/mol.